The van der Waals surface area contributed by atoms with Crippen molar-refractivity contribution >= 4 is 18.0 Å². The molecule has 74 valence electrons. The molecular weight excluding hydrogens is 198 g/mol. The van der Waals surface area contributed by atoms with Crippen LogP contribution in [0.4, 0.5) is 0 Å². The molecule has 1 aliphatic rings. The zero-order valence-corrected chi connectivity index (χ0v) is 9.26. The smallest absolute Gasteiger partial charge is 0.510 e. The molecule has 0 aliphatic carbocycles. The summed E-state index contributed by atoms with van der Waals surface area (Å²) in [6.07, 6.45) is 0. The van der Waals surface area contributed by atoms with E-state index >= 15 is 0 Å². The quantitative estimate of drug-likeness (QED) is 0.613. The van der Waals surface area contributed by atoms with Crippen LogP contribution in [0.1, 0.15) is 26.3 Å². The lowest BCUT2D eigenvalue weighted by molar-refractivity contribution is 0.528. The van der Waals surface area contributed by atoms with E-state index in [-0.39, 0.29) is 5.41 Å². The van der Waals surface area contributed by atoms with Gasteiger partial charge in [0.05, 0.1) is 0 Å². The molecular formula is C10H12BClO2. The van der Waals surface area contributed by atoms with Crippen LogP contribution >= 0.6 is 11.5 Å². The third kappa shape index (κ3) is 1.69. The summed E-state index contributed by atoms with van der Waals surface area (Å²) in [5.41, 5.74) is 1.33. The van der Waals surface area contributed by atoms with E-state index in [4.69, 9.17) is 20.8 Å². The second kappa shape index (κ2) is 3.09. The maximum absolute atomic E-state index is 5.70. The van der Waals surface area contributed by atoms with Crippen molar-refractivity contribution in [3.8, 4) is 11.5 Å². The average molecular weight is 210 g/mol. The highest BCUT2D eigenvalue weighted by Crippen LogP contribution is 2.37. The van der Waals surface area contributed by atoms with Crippen molar-refractivity contribution in [2.45, 2.75) is 26.2 Å². The lowest BCUT2D eigenvalue weighted by atomic mass is 9.87. The van der Waals surface area contributed by atoms with Crippen LogP contribution in [0.3, 0.4) is 0 Å². The molecule has 2 rings (SSSR count). The maximum atomic E-state index is 5.70. The molecule has 0 saturated carbocycles. The summed E-state index contributed by atoms with van der Waals surface area (Å²) in [6.45, 7) is 5.79. The van der Waals surface area contributed by atoms with E-state index in [2.05, 4.69) is 20.8 Å². The van der Waals surface area contributed by atoms with Crippen LogP contribution < -0.4 is 9.31 Å². The predicted molar refractivity (Wildman–Crippen MR) is 58.0 cm³/mol. The van der Waals surface area contributed by atoms with Gasteiger partial charge in [0.2, 0.25) is 0 Å². The Balaban J connectivity index is 2.38. The van der Waals surface area contributed by atoms with Crippen LogP contribution in [0.5, 0.6) is 11.5 Å². The van der Waals surface area contributed by atoms with Gasteiger partial charge in [-0.3, -0.25) is 0 Å². The number of rotatable bonds is 0. The van der Waals surface area contributed by atoms with Gasteiger partial charge in [0.15, 0.2) is 0 Å². The molecule has 0 unspecified atom stereocenters. The van der Waals surface area contributed by atoms with Gasteiger partial charge in [-0.2, -0.15) is 0 Å². The summed E-state index contributed by atoms with van der Waals surface area (Å²) >= 11 is 5.70. The summed E-state index contributed by atoms with van der Waals surface area (Å²) in [5.74, 6) is 1.45. The normalized spacial score (nSPS) is 14.7. The maximum Gasteiger partial charge on any atom is 0.713 e. The Morgan fingerprint density at radius 2 is 1.79 bits per heavy atom. The molecule has 2 nitrogen and oxygen atoms in total. The first-order valence-electron chi connectivity index (χ1n) is 4.59. The van der Waals surface area contributed by atoms with Gasteiger partial charge in [0, 0.05) is 0 Å². The summed E-state index contributed by atoms with van der Waals surface area (Å²) < 4.78 is 10.5. The van der Waals surface area contributed by atoms with Crippen molar-refractivity contribution in [2.24, 2.45) is 0 Å². The van der Waals surface area contributed by atoms with Crippen LogP contribution in [-0.2, 0) is 5.41 Å². The summed E-state index contributed by atoms with van der Waals surface area (Å²) in [7, 11) is 0. The third-order valence-corrected chi connectivity index (χ3v) is 2.43. The zero-order chi connectivity index (χ0) is 10.3. The second-order valence-corrected chi connectivity index (χ2v) is 4.78. The number of halogens is 1. The molecule has 0 spiro atoms. The Bertz CT molecular complexity index is 360. The molecule has 0 fully saturated rings. The van der Waals surface area contributed by atoms with Crippen molar-refractivity contribution in [1.29, 1.82) is 0 Å². The van der Waals surface area contributed by atoms with Crippen molar-refractivity contribution in [2.75, 3.05) is 0 Å². The van der Waals surface area contributed by atoms with Crippen LogP contribution in [0, 0.1) is 0 Å². The van der Waals surface area contributed by atoms with Gasteiger partial charge in [-0.25, -0.2) is 0 Å². The SMILES string of the molecule is CC(C)(C)c1ccc2c(c1)OB(Cl)O2. The molecule has 0 N–H and O–H groups in total. The predicted octanol–water partition coefficient (Wildman–Crippen LogP) is 2.98. The summed E-state index contributed by atoms with van der Waals surface area (Å²) in [5, 5.41) is 0. The molecule has 0 radical (unpaired) electrons. The minimum atomic E-state index is -0.680. The van der Waals surface area contributed by atoms with Crippen molar-refractivity contribution in [3.63, 3.8) is 0 Å². The Kier molecular flexibility index (Phi) is 2.15. The summed E-state index contributed by atoms with van der Waals surface area (Å²) in [4.78, 5) is 0. The van der Waals surface area contributed by atoms with Crippen molar-refractivity contribution in [1.82, 2.24) is 0 Å². The molecule has 0 saturated heterocycles. The lowest BCUT2D eigenvalue weighted by Crippen LogP contribution is -2.15. The first-order valence-corrected chi connectivity index (χ1v) is 5.02. The molecule has 1 aromatic rings. The fourth-order valence-electron chi connectivity index (χ4n) is 1.39. The van der Waals surface area contributed by atoms with Crippen LogP contribution in [0.15, 0.2) is 18.2 Å². The van der Waals surface area contributed by atoms with Crippen LogP contribution in [0.25, 0.3) is 0 Å². The third-order valence-electron chi connectivity index (χ3n) is 2.25. The minimum absolute atomic E-state index is 0.114. The van der Waals surface area contributed by atoms with Gasteiger partial charge in [-0.1, -0.05) is 38.3 Å². The van der Waals surface area contributed by atoms with E-state index in [1.54, 1.807) is 0 Å². The average Bonchev–Trinajstić information content (AvgIpc) is 2.41. The fraction of sp³-hybridized carbons (Fsp3) is 0.400. The molecule has 0 bridgehead atoms. The van der Waals surface area contributed by atoms with Gasteiger partial charge in [0.25, 0.3) is 0 Å². The monoisotopic (exact) mass is 210 g/mol. The van der Waals surface area contributed by atoms with E-state index in [0.29, 0.717) is 0 Å². The van der Waals surface area contributed by atoms with E-state index in [1.165, 1.54) is 5.56 Å². The van der Waals surface area contributed by atoms with E-state index in [9.17, 15) is 0 Å². The van der Waals surface area contributed by atoms with Crippen molar-refractivity contribution in [3.05, 3.63) is 23.8 Å². The van der Waals surface area contributed by atoms with Gasteiger partial charge in [-0.15, -0.1) is 0 Å². The molecule has 0 aromatic heterocycles. The molecule has 1 aliphatic heterocycles. The Labute approximate surface area is 89.2 Å². The van der Waals surface area contributed by atoms with Gasteiger partial charge in [0.1, 0.15) is 11.5 Å². The second-order valence-electron chi connectivity index (χ2n) is 4.42. The number of hydrogen-bond donors (Lipinski definition) is 0. The lowest BCUT2D eigenvalue weighted by Gasteiger charge is -2.19. The Morgan fingerprint density at radius 1 is 1.14 bits per heavy atom. The Morgan fingerprint density at radius 3 is 2.43 bits per heavy atom. The van der Waals surface area contributed by atoms with E-state index in [0.717, 1.165) is 11.5 Å². The minimum Gasteiger partial charge on any atom is -0.510 e. The Hall–Kier alpha value is -0.825. The van der Waals surface area contributed by atoms with Crippen molar-refractivity contribution < 1.29 is 9.31 Å². The van der Waals surface area contributed by atoms with Gasteiger partial charge in [-0.05, 0) is 23.1 Å². The zero-order valence-electron chi connectivity index (χ0n) is 8.50. The molecule has 1 heterocycles. The topological polar surface area (TPSA) is 18.5 Å². The van der Waals surface area contributed by atoms with E-state index in [1.807, 2.05) is 18.2 Å². The molecule has 0 amide bonds. The highest BCUT2D eigenvalue weighted by Gasteiger charge is 2.30. The van der Waals surface area contributed by atoms with Gasteiger partial charge < -0.3 is 9.31 Å². The first kappa shape index (κ1) is 9.72. The number of benzene rings is 1. The first-order chi connectivity index (χ1) is 6.47. The number of fused-ring (bicyclic) bond motifs is 1. The van der Waals surface area contributed by atoms with Gasteiger partial charge >= 0.3 is 6.53 Å². The molecule has 14 heavy (non-hydrogen) atoms. The molecule has 1 aromatic carbocycles. The molecule has 4 heteroatoms. The molecule has 0 atom stereocenters. The number of hydrogen-bond acceptors (Lipinski definition) is 2. The van der Waals surface area contributed by atoms with Crippen LogP contribution in [0.2, 0.25) is 0 Å². The highest BCUT2D eigenvalue weighted by molar-refractivity contribution is 7.00. The largest absolute Gasteiger partial charge is 0.713 e. The summed E-state index contributed by atoms with van der Waals surface area (Å²) in [6, 6.07) is 5.92. The standard InChI is InChI=1S/C10H12BClO2/c1-10(2,3)7-4-5-8-9(6-7)14-11(12)13-8/h4-6H,1-3H3. The fourth-order valence-corrected chi connectivity index (χ4v) is 1.58. The van der Waals surface area contributed by atoms with Crippen LogP contribution in [-0.4, -0.2) is 6.53 Å². The van der Waals surface area contributed by atoms with E-state index < -0.39 is 6.53 Å². The highest BCUT2D eigenvalue weighted by atomic mass is 35.5.